The zero-order chi connectivity index (χ0) is 14.0. The minimum absolute atomic E-state index is 0.0675. The Labute approximate surface area is 113 Å². The highest BCUT2D eigenvalue weighted by Gasteiger charge is 2.45. The molecule has 0 aromatic heterocycles. The average molecular weight is 260 g/mol. The van der Waals surface area contributed by atoms with Crippen molar-refractivity contribution in [1.82, 2.24) is 4.90 Å². The number of carbonyl (C=O) groups excluding carboxylic acids is 1. The summed E-state index contributed by atoms with van der Waals surface area (Å²) in [7, 11) is 0. The van der Waals surface area contributed by atoms with E-state index in [1.54, 1.807) is 23.1 Å². The zero-order valence-corrected chi connectivity index (χ0v) is 11.3. The summed E-state index contributed by atoms with van der Waals surface area (Å²) in [5.74, 6) is 0.0970. The molecule has 0 saturated carbocycles. The molecule has 0 unspecified atom stereocenters. The van der Waals surface area contributed by atoms with Gasteiger partial charge in [-0.1, -0.05) is 26.0 Å². The highest BCUT2D eigenvalue weighted by atomic mass is 16.3. The highest BCUT2D eigenvalue weighted by Crippen LogP contribution is 2.28. The Bertz CT molecular complexity index is 485. The third-order valence-electron chi connectivity index (χ3n) is 3.67. The topological polar surface area (TPSA) is 66.6 Å². The Hall–Kier alpha value is -1.81. The van der Waals surface area contributed by atoms with E-state index in [2.05, 4.69) is 0 Å². The molecule has 1 aromatic carbocycles. The molecule has 0 bridgehead atoms. The van der Waals surface area contributed by atoms with E-state index in [0.717, 1.165) is 5.56 Å². The Balaban J connectivity index is 1.91. The van der Waals surface area contributed by atoms with Crippen molar-refractivity contribution in [3.05, 3.63) is 35.9 Å². The number of rotatable bonds is 3. The SMILES string of the molecule is CC(C)C1(O)CN(C(=O)/C=C/c2ccc(N)cc2)C1. The van der Waals surface area contributed by atoms with Crippen LogP contribution in [0, 0.1) is 5.92 Å². The molecule has 0 atom stereocenters. The van der Waals surface area contributed by atoms with E-state index in [1.807, 2.05) is 26.0 Å². The Morgan fingerprint density at radius 2 is 1.95 bits per heavy atom. The van der Waals surface area contributed by atoms with Gasteiger partial charge in [-0.3, -0.25) is 4.79 Å². The molecule has 4 nitrogen and oxygen atoms in total. The lowest BCUT2D eigenvalue weighted by Gasteiger charge is -2.48. The predicted molar refractivity (Wildman–Crippen MR) is 76.3 cm³/mol. The molecular formula is C15H20N2O2. The fraction of sp³-hybridized carbons (Fsp3) is 0.400. The molecule has 1 aliphatic rings. The molecule has 1 aliphatic heterocycles. The molecular weight excluding hydrogens is 240 g/mol. The standard InChI is InChI=1S/C15H20N2O2/c1-11(2)15(19)9-17(10-15)14(18)8-5-12-3-6-13(16)7-4-12/h3-8,11,19H,9-10,16H2,1-2H3/b8-5+. The van der Waals surface area contributed by atoms with Gasteiger partial charge >= 0.3 is 0 Å². The molecule has 2 rings (SSSR count). The van der Waals surface area contributed by atoms with Gasteiger partial charge in [-0.25, -0.2) is 0 Å². The van der Waals surface area contributed by atoms with E-state index in [0.29, 0.717) is 18.8 Å². The number of likely N-dealkylation sites (tertiary alicyclic amines) is 1. The van der Waals surface area contributed by atoms with Gasteiger partial charge in [-0.15, -0.1) is 0 Å². The molecule has 4 heteroatoms. The zero-order valence-electron chi connectivity index (χ0n) is 11.3. The van der Waals surface area contributed by atoms with Crippen LogP contribution in [-0.4, -0.2) is 34.6 Å². The lowest BCUT2D eigenvalue weighted by Crippen LogP contribution is -2.65. The Morgan fingerprint density at radius 3 is 2.47 bits per heavy atom. The number of β-amino-alcohol motifs (C(OH)–C–C–N with tert-alkyl or cyclic N) is 1. The van der Waals surface area contributed by atoms with E-state index >= 15 is 0 Å². The summed E-state index contributed by atoms with van der Waals surface area (Å²) in [6.45, 7) is 4.75. The predicted octanol–water partition coefficient (Wildman–Crippen LogP) is 1.51. The van der Waals surface area contributed by atoms with Crippen molar-refractivity contribution in [3.8, 4) is 0 Å². The molecule has 1 aromatic rings. The van der Waals surface area contributed by atoms with Gasteiger partial charge < -0.3 is 15.7 Å². The quantitative estimate of drug-likeness (QED) is 0.639. The van der Waals surface area contributed by atoms with Crippen molar-refractivity contribution in [2.45, 2.75) is 19.4 Å². The molecule has 1 heterocycles. The van der Waals surface area contributed by atoms with Crippen molar-refractivity contribution in [2.75, 3.05) is 18.8 Å². The minimum Gasteiger partial charge on any atom is -0.399 e. The van der Waals surface area contributed by atoms with Crippen LogP contribution in [0.15, 0.2) is 30.3 Å². The first-order valence-electron chi connectivity index (χ1n) is 6.46. The van der Waals surface area contributed by atoms with Gasteiger partial charge in [0.25, 0.3) is 0 Å². The number of anilines is 1. The van der Waals surface area contributed by atoms with E-state index in [4.69, 9.17) is 5.73 Å². The second-order valence-corrected chi connectivity index (χ2v) is 5.45. The van der Waals surface area contributed by atoms with Gasteiger partial charge in [0.1, 0.15) is 5.60 Å². The second kappa shape index (κ2) is 5.05. The van der Waals surface area contributed by atoms with Crippen LogP contribution in [0.2, 0.25) is 0 Å². The van der Waals surface area contributed by atoms with Crippen molar-refractivity contribution < 1.29 is 9.90 Å². The maximum absolute atomic E-state index is 11.9. The summed E-state index contributed by atoms with van der Waals surface area (Å²) in [6.07, 6.45) is 3.29. The van der Waals surface area contributed by atoms with Gasteiger partial charge in [0.15, 0.2) is 0 Å². The maximum atomic E-state index is 11.9. The number of nitrogens with zero attached hydrogens (tertiary/aromatic N) is 1. The lowest BCUT2D eigenvalue weighted by molar-refractivity contribution is -0.158. The third-order valence-corrected chi connectivity index (χ3v) is 3.67. The number of nitrogens with two attached hydrogens (primary N) is 1. The maximum Gasteiger partial charge on any atom is 0.246 e. The van der Waals surface area contributed by atoms with Gasteiger partial charge in [-0.05, 0) is 29.7 Å². The summed E-state index contributed by atoms with van der Waals surface area (Å²) >= 11 is 0. The van der Waals surface area contributed by atoms with Gasteiger partial charge in [0.05, 0.1) is 13.1 Å². The van der Waals surface area contributed by atoms with E-state index in [-0.39, 0.29) is 11.8 Å². The van der Waals surface area contributed by atoms with Crippen molar-refractivity contribution in [1.29, 1.82) is 0 Å². The van der Waals surface area contributed by atoms with Crippen LogP contribution < -0.4 is 5.73 Å². The first-order chi connectivity index (χ1) is 8.90. The average Bonchev–Trinajstić information content (AvgIpc) is 2.33. The summed E-state index contributed by atoms with van der Waals surface area (Å²) in [5, 5.41) is 10.1. The minimum atomic E-state index is -0.718. The molecule has 1 fully saturated rings. The van der Waals surface area contributed by atoms with Crippen LogP contribution in [0.1, 0.15) is 19.4 Å². The number of amides is 1. The van der Waals surface area contributed by atoms with Gasteiger partial charge in [-0.2, -0.15) is 0 Å². The first kappa shape index (κ1) is 13.6. The number of nitrogen functional groups attached to an aromatic ring is 1. The molecule has 102 valence electrons. The van der Waals surface area contributed by atoms with Crippen molar-refractivity contribution in [2.24, 2.45) is 5.92 Å². The fourth-order valence-corrected chi connectivity index (χ4v) is 2.02. The van der Waals surface area contributed by atoms with Crippen molar-refractivity contribution in [3.63, 3.8) is 0 Å². The van der Waals surface area contributed by atoms with Crippen LogP contribution in [-0.2, 0) is 4.79 Å². The number of benzene rings is 1. The van der Waals surface area contributed by atoms with Crippen LogP contribution in [0.5, 0.6) is 0 Å². The summed E-state index contributed by atoms with van der Waals surface area (Å²) in [4.78, 5) is 13.5. The summed E-state index contributed by atoms with van der Waals surface area (Å²) in [6, 6.07) is 7.32. The number of aliphatic hydroxyl groups is 1. The first-order valence-corrected chi connectivity index (χ1v) is 6.46. The second-order valence-electron chi connectivity index (χ2n) is 5.45. The van der Waals surface area contributed by atoms with Crippen LogP contribution in [0.25, 0.3) is 6.08 Å². The fourth-order valence-electron chi connectivity index (χ4n) is 2.02. The molecule has 1 amide bonds. The van der Waals surface area contributed by atoms with E-state index in [1.165, 1.54) is 6.08 Å². The van der Waals surface area contributed by atoms with Crippen LogP contribution in [0.3, 0.4) is 0 Å². The number of hydrogen-bond acceptors (Lipinski definition) is 3. The molecule has 0 spiro atoms. The lowest BCUT2D eigenvalue weighted by atomic mass is 9.83. The number of hydrogen-bond donors (Lipinski definition) is 2. The summed E-state index contributed by atoms with van der Waals surface area (Å²) < 4.78 is 0. The number of carbonyl (C=O) groups is 1. The van der Waals surface area contributed by atoms with E-state index < -0.39 is 5.60 Å². The smallest absolute Gasteiger partial charge is 0.246 e. The van der Waals surface area contributed by atoms with E-state index in [9.17, 15) is 9.90 Å². The monoisotopic (exact) mass is 260 g/mol. The van der Waals surface area contributed by atoms with Crippen LogP contribution >= 0.6 is 0 Å². The highest BCUT2D eigenvalue weighted by molar-refractivity contribution is 5.92. The Kier molecular flexibility index (Phi) is 3.62. The largest absolute Gasteiger partial charge is 0.399 e. The molecule has 3 N–H and O–H groups in total. The molecule has 19 heavy (non-hydrogen) atoms. The molecule has 1 saturated heterocycles. The normalized spacial score (nSPS) is 17.8. The molecule has 0 aliphatic carbocycles. The van der Waals surface area contributed by atoms with Gasteiger partial charge in [0.2, 0.25) is 5.91 Å². The van der Waals surface area contributed by atoms with Crippen LogP contribution in [0.4, 0.5) is 5.69 Å². The summed E-state index contributed by atoms with van der Waals surface area (Å²) in [5.41, 5.74) is 6.51. The Morgan fingerprint density at radius 1 is 1.37 bits per heavy atom. The van der Waals surface area contributed by atoms with Gasteiger partial charge in [0, 0.05) is 11.8 Å². The van der Waals surface area contributed by atoms with Crippen molar-refractivity contribution >= 4 is 17.7 Å². The third kappa shape index (κ3) is 2.96. The molecule has 0 radical (unpaired) electrons.